The molecule has 0 saturated heterocycles. The molecule has 4 aromatic rings. The Morgan fingerprint density at radius 3 is 2.00 bits per heavy atom. The first-order valence-corrected chi connectivity index (χ1v) is 10.4. The van der Waals surface area contributed by atoms with Crippen LogP contribution in [-0.2, 0) is 6.42 Å². The van der Waals surface area contributed by atoms with Crippen LogP contribution in [0, 0.1) is 29.5 Å². The SMILES string of the molecule is CCc1ccc(C#Cc2ccc3c(F)c(C#Cc4ccc(OC(F)F)cc4)ccc3c2)cc1. The average Bonchev–Trinajstić information content (AvgIpc) is 2.83. The number of hydrogen-bond donors (Lipinski definition) is 0. The molecule has 1 nitrogen and oxygen atoms in total. The van der Waals surface area contributed by atoms with Crippen molar-refractivity contribution in [2.75, 3.05) is 0 Å². The topological polar surface area (TPSA) is 9.23 Å². The summed E-state index contributed by atoms with van der Waals surface area (Å²) in [6.45, 7) is -0.773. The van der Waals surface area contributed by atoms with Crippen LogP contribution in [0.4, 0.5) is 13.2 Å². The van der Waals surface area contributed by atoms with Gasteiger partial charge in [0.25, 0.3) is 0 Å². The van der Waals surface area contributed by atoms with E-state index in [2.05, 4.69) is 47.5 Å². The normalized spacial score (nSPS) is 10.3. The van der Waals surface area contributed by atoms with Crippen molar-refractivity contribution in [3.8, 4) is 29.4 Å². The van der Waals surface area contributed by atoms with E-state index in [1.54, 1.807) is 30.3 Å². The van der Waals surface area contributed by atoms with Crippen LogP contribution in [0.1, 0.15) is 34.7 Å². The summed E-state index contributed by atoms with van der Waals surface area (Å²) in [5, 5.41) is 1.19. The Morgan fingerprint density at radius 2 is 1.33 bits per heavy atom. The third-order valence-electron chi connectivity index (χ3n) is 5.09. The molecule has 4 aromatic carbocycles. The molecule has 0 heterocycles. The molecule has 0 aliphatic carbocycles. The van der Waals surface area contributed by atoms with Gasteiger partial charge in [0.1, 0.15) is 11.6 Å². The van der Waals surface area contributed by atoms with Crippen LogP contribution < -0.4 is 4.74 Å². The van der Waals surface area contributed by atoms with E-state index >= 15 is 0 Å². The van der Waals surface area contributed by atoms with Crippen LogP contribution >= 0.6 is 0 Å². The fraction of sp³-hybridized carbons (Fsp3) is 0.103. The van der Waals surface area contributed by atoms with E-state index in [-0.39, 0.29) is 11.3 Å². The number of benzene rings is 4. The first-order chi connectivity index (χ1) is 16.0. The van der Waals surface area contributed by atoms with Gasteiger partial charge in [-0.3, -0.25) is 0 Å². The lowest BCUT2D eigenvalue weighted by Gasteiger charge is -2.03. The molecule has 0 atom stereocenters. The lowest BCUT2D eigenvalue weighted by molar-refractivity contribution is -0.0498. The van der Waals surface area contributed by atoms with Gasteiger partial charge in [0, 0.05) is 22.1 Å². The van der Waals surface area contributed by atoms with E-state index in [1.165, 1.54) is 17.7 Å². The smallest absolute Gasteiger partial charge is 0.387 e. The van der Waals surface area contributed by atoms with Crippen LogP contribution in [0.15, 0.2) is 78.9 Å². The van der Waals surface area contributed by atoms with Crippen LogP contribution in [-0.4, -0.2) is 6.61 Å². The summed E-state index contributed by atoms with van der Waals surface area (Å²) in [7, 11) is 0. The van der Waals surface area contributed by atoms with Gasteiger partial charge in [-0.2, -0.15) is 8.78 Å². The Labute approximate surface area is 190 Å². The van der Waals surface area contributed by atoms with Crippen molar-refractivity contribution in [3.05, 3.63) is 112 Å². The summed E-state index contributed by atoms with van der Waals surface area (Å²) >= 11 is 0. The van der Waals surface area contributed by atoms with Crippen LogP contribution in [0.25, 0.3) is 10.8 Å². The van der Waals surface area contributed by atoms with E-state index in [4.69, 9.17) is 0 Å². The lowest BCUT2D eigenvalue weighted by Crippen LogP contribution is -2.01. The molecular formula is C29H19F3O. The third-order valence-corrected chi connectivity index (χ3v) is 5.09. The highest BCUT2D eigenvalue weighted by atomic mass is 19.3. The second-order valence-corrected chi connectivity index (χ2v) is 7.32. The Kier molecular flexibility index (Phi) is 6.67. The maximum Gasteiger partial charge on any atom is 0.387 e. The van der Waals surface area contributed by atoms with Crippen LogP contribution in [0.3, 0.4) is 0 Å². The molecule has 4 rings (SSSR count). The molecule has 0 saturated carbocycles. The highest BCUT2D eigenvalue weighted by Gasteiger charge is 2.06. The van der Waals surface area contributed by atoms with Gasteiger partial charge in [0.2, 0.25) is 0 Å². The van der Waals surface area contributed by atoms with Crippen molar-refractivity contribution in [3.63, 3.8) is 0 Å². The number of rotatable bonds is 3. The predicted octanol–water partition coefficient (Wildman–Crippen LogP) is 6.94. The Bertz CT molecular complexity index is 1400. The van der Waals surface area contributed by atoms with E-state index < -0.39 is 12.4 Å². The Morgan fingerprint density at radius 1 is 0.727 bits per heavy atom. The summed E-state index contributed by atoms with van der Waals surface area (Å²) in [4.78, 5) is 0. The zero-order valence-corrected chi connectivity index (χ0v) is 17.8. The first kappa shape index (κ1) is 22.1. The van der Waals surface area contributed by atoms with Crippen LogP contribution in [0.2, 0.25) is 0 Å². The average molecular weight is 440 g/mol. The molecule has 0 radical (unpaired) electrons. The van der Waals surface area contributed by atoms with Gasteiger partial charge in [-0.1, -0.05) is 54.9 Å². The van der Waals surface area contributed by atoms with Crippen LogP contribution in [0.5, 0.6) is 5.75 Å². The van der Waals surface area contributed by atoms with Gasteiger partial charge < -0.3 is 4.74 Å². The minimum atomic E-state index is -2.88. The van der Waals surface area contributed by atoms with Gasteiger partial charge >= 0.3 is 6.61 Å². The molecule has 0 amide bonds. The van der Waals surface area contributed by atoms with Crippen molar-refractivity contribution in [1.82, 2.24) is 0 Å². The molecule has 162 valence electrons. The molecule has 0 spiro atoms. The van der Waals surface area contributed by atoms with Crippen molar-refractivity contribution >= 4 is 10.8 Å². The Hall–Kier alpha value is -4.15. The van der Waals surface area contributed by atoms with E-state index in [0.29, 0.717) is 10.9 Å². The third kappa shape index (κ3) is 5.56. The minimum Gasteiger partial charge on any atom is -0.435 e. The number of ether oxygens (including phenoxy) is 1. The van der Waals surface area contributed by atoms with Gasteiger partial charge in [-0.25, -0.2) is 4.39 Å². The molecule has 0 aromatic heterocycles. The summed E-state index contributed by atoms with van der Waals surface area (Å²) in [6, 6.07) is 22.8. The fourth-order valence-corrected chi connectivity index (χ4v) is 3.29. The molecule has 0 N–H and O–H groups in total. The lowest BCUT2D eigenvalue weighted by atomic mass is 10.0. The minimum absolute atomic E-state index is 0.0457. The molecule has 0 unspecified atom stereocenters. The number of hydrogen-bond acceptors (Lipinski definition) is 1. The van der Waals surface area contributed by atoms with Crippen molar-refractivity contribution in [1.29, 1.82) is 0 Å². The highest BCUT2D eigenvalue weighted by molar-refractivity contribution is 5.86. The number of alkyl halides is 2. The number of fused-ring (bicyclic) bond motifs is 1. The van der Waals surface area contributed by atoms with E-state index in [0.717, 1.165) is 22.9 Å². The Balaban J connectivity index is 1.55. The molecule has 4 heteroatoms. The van der Waals surface area contributed by atoms with E-state index in [1.807, 2.05) is 24.3 Å². The van der Waals surface area contributed by atoms with Crippen molar-refractivity contribution in [2.24, 2.45) is 0 Å². The highest BCUT2D eigenvalue weighted by Crippen LogP contribution is 2.22. The predicted molar refractivity (Wildman–Crippen MR) is 125 cm³/mol. The van der Waals surface area contributed by atoms with Crippen molar-refractivity contribution < 1.29 is 17.9 Å². The van der Waals surface area contributed by atoms with Gasteiger partial charge in [0.05, 0.1) is 5.56 Å². The molecule has 0 fully saturated rings. The monoisotopic (exact) mass is 440 g/mol. The zero-order chi connectivity index (χ0) is 23.2. The van der Waals surface area contributed by atoms with Gasteiger partial charge in [-0.15, -0.1) is 0 Å². The largest absolute Gasteiger partial charge is 0.435 e. The quantitative estimate of drug-likeness (QED) is 0.314. The first-order valence-electron chi connectivity index (χ1n) is 10.4. The molecular weight excluding hydrogens is 421 g/mol. The van der Waals surface area contributed by atoms with E-state index in [9.17, 15) is 13.2 Å². The summed E-state index contributed by atoms with van der Waals surface area (Å²) in [5.74, 6) is 11.6. The number of aryl methyl sites for hydroxylation is 1. The summed E-state index contributed by atoms with van der Waals surface area (Å²) < 4.78 is 43.8. The van der Waals surface area contributed by atoms with Gasteiger partial charge in [-0.05, 0) is 72.0 Å². The molecule has 0 aliphatic rings. The standard InChI is InChI=1S/C29H19F3O/c1-2-20-3-5-21(6-4-20)7-8-23-12-18-27-25(19-23)15-14-24(28(27)30)13-9-22-10-16-26(17-11-22)33-29(31)32/h3-6,10-12,14-19,29H,2H2,1H3. The zero-order valence-electron chi connectivity index (χ0n) is 17.8. The maximum absolute atomic E-state index is 15.0. The number of halogens is 3. The van der Waals surface area contributed by atoms with Crippen molar-refractivity contribution in [2.45, 2.75) is 20.0 Å². The summed E-state index contributed by atoms with van der Waals surface area (Å²) in [6.07, 6.45) is 0.985. The second-order valence-electron chi connectivity index (χ2n) is 7.32. The molecule has 0 aliphatic heterocycles. The molecule has 0 bridgehead atoms. The maximum atomic E-state index is 15.0. The fourth-order valence-electron chi connectivity index (χ4n) is 3.29. The second kappa shape index (κ2) is 9.98. The molecule has 33 heavy (non-hydrogen) atoms. The summed E-state index contributed by atoms with van der Waals surface area (Å²) in [5.41, 5.74) is 3.81. The van der Waals surface area contributed by atoms with Gasteiger partial charge in [0.15, 0.2) is 0 Å².